The molecule has 12 heavy (non-hydrogen) atoms. The first-order valence-corrected chi connectivity index (χ1v) is 3.77. The molecule has 0 bridgehead atoms. The van der Waals surface area contributed by atoms with E-state index in [0.29, 0.717) is 0 Å². The fraction of sp³-hybridized carbons (Fsp3) is 0.750. The highest BCUT2D eigenvalue weighted by Gasteiger charge is 2.42. The summed E-state index contributed by atoms with van der Waals surface area (Å²) in [6.45, 7) is 6.78. The van der Waals surface area contributed by atoms with Crippen LogP contribution in [0.25, 0.3) is 0 Å². The SMILES string of the molecule is CC(C)(C=O)C(C)(C)C(=O)NN. The number of amides is 1. The van der Waals surface area contributed by atoms with E-state index in [4.69, 9.17) is 5.84 Å². The molecule has 0 spiro atoms. The third kappa shape index (κ3) is 1.64. The molecular formula is C8H16N2O2. The van der Waals surface area contributed by atoms with E-state index in [1.165, 1.54) is 0 Å². The summed E-state index contributed by atoms with van der Waals surface area (Å²) in [7, 11) is 0. The van der Waals surface area contributed by atoms with Gasteiger partial charge in [-0.25, -0.2) is 5.84 Å². The van der Waals surface area contributed by atoms with E-state index in [1.54, 1.807) is 27.7 Å². The second-order valence-corrected chi connectivity index (χ2v) is 3.94. The zero-order valence-corrected chi connectivity index (χ0v) is 7.97. The topological polar surface area (TPSA) is 72.2 Å². The van der Waals surface area contributed by atoms with Gasteiger partial charge in [0.15, 0.2) is 0 Å². The summed E-state index contributed by atoms with van der Waals surface area (Å²) >= 11 is 0. The summed E-state index contributed by atoms with van der Waals surface area (Å²) in [4.78, 5) is 21.9. The minimum Gasteiger partial charge on any atom is -0.303 e. The minimum absolute atomic E-state index is 0.334. The molecule has 0 aromatic rings. The quantitative estimate of drug-likeness (QED) is 0.277. The lowest BCUT2D eigenvalue weighted by molar-refractivity contribution is -0.140. The van der Waals surface area contributed by atoms with Crippen molar-refractivity contribution in [3.05, 3.63) is 0 Å². The van der Waals surface area contributed by atoms with Gasteiger partial charge in [-0.15, -0.1) is 0 Å². The van der Waals surface area contributed by atoms with Crippen LogP contribution in [-0.2, 0) is 9.59 Å². The van der Waals surface area contributed by atoms with Gasteiger partial charge in [0.2, 0.25) is 5.91 Å². The first-order valence-electron chi connectivity index (χ1n) is 3.77. The van der Waals surface area contributed by atoms with Crippen molar-refractivity contribution in [3.8, 4) is 0 Å². The van der Waals surface area contributed by atoms with Crippen LogP contribution in [0.2, 0.25) is 0 Å². The Morgan fingerprint density at radius 2 is 1.75 bits per heavy atom. The average molecular weight is 172 g/mol. The molecular weight excluding hydrogens is 156 g/mol. The molecule has 0 aromatic heterocycles. The molecule has 0 radical (unpaired) electrons. The molecule has 0 heterocycles. The summed E-state index contributed by atoms with van der Waals surface area (Å²) in [5.41, 5.74) is 0.548. The maximum atomic E-state index is 11.2. The minimum atomic E-state index is -0.788. The molecule has 3 N–H and O–H groups in total. The van der Waals surface area contributed by atoms with Crippen molar-refractivity contribution in [2.75, 3.05) is 0 Å². The Morgan fingerprint density at radius 1 is 1.33 bits per heavy atom. The van der Waals surface area contributed by atoms with Crippen molar-refractivity contribution in [1.29, 1.82) is 0 Å². The van der Waals surface area contributed by atoms with Crippen LogP contribution in [0.15, 0.2) is 0 Å². The molecule has 0 saturated carbocycles. The van der Waals surface area contributed by atoms with Crippen LogP contribution in [0.4, 0.5) is 0 Å². The number of hydrogen-bond donors (Lipinski definition) is 2. The van der Waals surface area contributed by atoms with E-state index in [1.807, 2.05) is 5.43 Å². The van der Waals surface area contributed by atoms with Crippen LogP contribution < -0.4 is 11.3 Å². The van der Waals surface area contributed by atoms with Crippen molar-refractivity contribution >= 4 is 12.2 Å². The van der Waals surface area contributed by atoms with Gasteiger partial charge in [-0.3, -0.25) is 10.2 Å². The standard InChI is InChI=1S/C8H16N2O2/c1-7(2,5-11)8(3,4)6(12)10-9/h5H,9H2,1-4H3,(H,10,12). The number of aldehydes is 1. The van der Waals surface area contributed by atoms with Crippen molar-refractivity contribution in [3.63, 3.8) is 0 Å². The smallest absolute Gasteiger partial charge is 0.240 e. The molecule has 0 aromatic carbocycles. The van der Waals surface area contributed by atoms with Gasteiger partial charge in [0.1, 0.15) is 6.29 Å². The normalized spacial score (nSPS) is 12.4. The van der Waals surface area contributed by atoms with Crippen LogP contribution in [-0.4, -0.2) is 12.2 Å². The monoisotopic (exact) mass is 172 g/mol. The molecule has 0 saturated heterocycles. The second kappa shape index (κ2) is 3.23. The van der Waals surface area contributed by atoms with E-state index >= 15 is 0 Å². The van der Waals surface area contributed by atoms with Gasteiger partial charge in [0.05, 0.1) is 5.41 Å². The molecule has 4 nitrogen and oxygen atoms in total. The Kier molecular flexibility index (Phi) is 2.98. The summed E-state index contributed by atoms with van der Waals surface area (Å²) in [5, 5.41) is 0. The molecule has 0 aliphatic heterocycles. The molecule has 4 heteroatoms. The Balaban J connectivity index is 4.83. The van der Waals surface area contributed by atoms with Crippen molar-refractivity contribution in [1.82, 2.24) is 5.43 Å². The third-order valence-electron chi connectivity index (χ3n) is 2.60. The fourth-order valence-corrected chi connectivity index (χ4v) is 0.620. The van der Waals surface area contributed by atoms with Crippen molar-refractivity contribution in [2.24, 2.45) is 16.7 Å². The van der Waals surface area contributed by atoms with Gasteiger partial charge < -0.3 is 4.79 Å². The number of carbonyl (C=O) groups excluding carboxylic acids is 2. The third-order valence-corrected chi connectivity index (χ3v) is 2.60. The van der Waals surface area contributed by atoms with E-state index in [2.05, 4.69) is 0 Å². The highest BCUT2D eigenvalue weighted by molar-refractivity contribution is 5.85. The van der Waals surface area contributed by atoms with Crippen LogP contribution in [0.1, 0.15) is 27.7 Å². The number of nitrogens with one attached hydrogen (secondary N) is 1. The zero-order chi connectivity index (χ0) is 9.99. The Labute approximate surface area is 72.5 Å². The van der Waals surface area contributed by atoms with Crippen molar-refractivity contribution in [2.45, 2.75) is 27.7 Å². The number of rotatable bonds is 3. The highest BCUT2D eigenvalue weighted by Crippen LogP contribution is 2.36. The van der Waals surface area contributed by atoms with Crippen LogP contribution in [0.3, 0.4) is 0 Å². The number of hydrogen-bond acceptors (Lipinski definition) is 3. The predicted octanol–water partition coefficient (Wildman–Crippen LogP) is 0.228. The van der Waals surface area contributed by atoms with E-state index in [9.17, 15) is 9.59 Å². The molecule has 0 fully saturated rings. The molecule has 70 valence electrons. The Morgan fingerprint density at radius 3 is 2.00 bits per heavy atom. The summed E-state index contributed by atoms with van der Waals surface area (Å²) in [6, 6.07) is 0. The lowest BCUT2D eigenvalue weighted by Gasteiger charge is -2.34. The second-order valence-electron chi connectivity index (χ2n) is 3.94. The summed E-state index contributed by atoms with van der Waals surface area (Å²) in [6.07, 6.45) is 0.766. The molecule has 0 aliphatic carbocycles. The van der Waals surface area contributed by atoms with Crippen LogP contribution in [0, 0.1) is 10.8 Å². The number of carbonyl (C=O) groups is 2. The van der Waals surface area contributed by atoms with E-state index in [-0.39, 0.29) is 5.91 Å². The molecule has 0 aliphatic rings. The number of hydrazine groups is 1. The Hall–Kier alpha value is -0.900. The highest BCUT2D eigenvalue weighted by atomic mass is 16.2. The predicted molar refractivity (Wildman–Crippen MR) is 46.0 cm³/mol. The molecule has 1 amide bonds. The van der Waals surface area contributed by atoms with E-state index in [0.717, 1.165) is 6.29 Å². The van der Waals surface area contributed by atoms with E-state index < -0.39 is 10.8 Å². The lowest BCUT2D eigenvalue weighted by Crippen LogP contribution is -2.49. The van der Waals surface area contributed by atoms with Crippen LogP contribution in [0.5, 0.6) is 0 Å². The maximum Gasteiger partial charge on any atom is 0.240 e. The summed E-state index contributed by atoms with van der Waals surface area (Å²) in [5.74, 6) is 4.66. The maximum absolute atomic E-state index is 11.2. The van der Waals surface area contributed by atoms with Gasteiger partial charge in [-0.1, -0.05) is 27.7 Å². The van der Waals surface area contributed by atoms with Crippen molar-refractivity contribution < 1.29 is 9.59 Å². The molecule has 0 rings (SSSR count). The lowest BCUT2D eigenvalue weighted by atomic mass is 9.68. The molecule has 0 unspecified atom stereocenters. The Bertz CT molecular complexity index is 197. The average Bonchev–Trinajstić information content (AvgIpc) is 2.02. The van der Waals surface area contributed by atoms with Crippen LogP contribution >= 0.6 is 0 Å². The first-order chi connectivity index (χ1) is 5.29. The number of nitrogens with two attached hydrogens (primary N) is 1. The van der Waals surface area contributed by atoms with Gasteiger partial charge in [-0.2, -0.15) is 0 Å². The van der Waals surface area contributed by atoms with Gasteiger partial charge >= 0.3 is 0 Å². The first kappa shape index (κ1) is 11.1. The largest absolute Gasteiger partial charge is 0.303 e. The zero-order valence-electron chi connectivity index (χ0n) is 7.97. The van der Waals surface area contributed by atoms with Gasteiger partial charge in [0.25, 0.3) is 0 Å². The fourth-order valence-electron chi connectivity index (χ4n) is 0.620. The van der Waals surface area contributed by atoms with Gasteiger partial charge in [-0.05, 0) is 0 Å². The summed E-state index contributed by atoms with van der Waals surface area (Å²) < 4.78 is 0. The van der Waals surface area contributed by atoms with Gasteiger partial charge in [0, 0.05) is 5.41 Å². The molecule has 0 atom stereocenters.